The number of hydrogen-bond donors (Lipinski definition) is 1. The molecule has 0 aliphatic rings. The number of carbonyl (C=O) groups is 1. The van der Waals surface area contributed by atoms with Crippen molar-refractivity contribution in [2.45, 2.75) is 6.54 Å². The van der Waals surface area contributed by atoms with Crippen molar-refractivity contribution < 1.29 is 4.79 Å². The van der Waals surface area contributed by atoms with Crippen molar-refractivity contribution in [3.05, 3.63) is 99.1 Å². The number of para-hydroxylation sites is 1. The molecule has 1 N–H and O–H groups in total. The molecule has 0 saturated carbocycles. The van der Waals surface area contributed by atoms with Crippen molar-refractivity contribution in [3.8, 4) is 5.69 Å². The molecule has 29 heavy (non-hydrogen) atoms. The summed E-state index contributed by atoms with van der Waals surface area (Å²) in [5.74, 6) is -0.345. The van der Waals surface area contributed by atoms with Gasteiger partial charge < -0.3 is 0 Å². The molecular formula is C20H15BrN6O2. The maximum atomic E-state index is 12.5. The molecule has 2 heterocycles. The molecule has 4 aromatic rings. The first kappa shape index (κ1) is 18.8. The lowest BCUT2D eigenvalue weighted by Crippen LogP contribution is -2.25. The van der Waals surface area contributed by atoms with E-state index in [1.165, 1.54) is 23.1 Å². The minimum absolute atomic E-state index is 0.0812. The van der Waals surface area contributed by atoms with Gasteiger partial charge in [0.1, 0.15) is 12.0 Å². The van der Waals surface area contributed by atoms with Gasteiger partial charge in [-0.3, -0.25) is 14.9 Å². The highest BCUT2D eigenvalue weighted by Gasteiger charge is 2.13. The SMILES string of the molecule is O=C(Nc1ncn(Cc2ccc(Br)cc2)n1)c1ccc(=O)n(-c2ccccc2)n1. The van der Waals surface area contributed by atoms with Crippen LogP contribution in [0.4, 0.5) is 5.95 Å². The first-order valence-corrected chi connectivity index (χ1v) is 9.49. The molecule has 9 heteroatoms. The fourth-order valence-electron chi connectivity index (χ4n) is 2.66. The number of benzene rings is 2. The van der Waals surface area contributed by atoms with Gasteiger partial charge in [-0.2, -0.15) is 9.78 Å². The molecule has 8 nitrogen and oxygen atoms in total. The maximum Gasteiger partial charge on any atom is 0.278 e. The van der Waals surface area contributed by atoms with Gasteiger partial charge in [0, 0.05) is 10.5 Å². The standard InChI is InChI=1S/C20H15BrN6O2/c21-15-8-6-14(7-9-15)12-26-13-22-20(25-26)23-19(29)17-10-11-18(28)27(24-17)16-4-2-1-3-5-16/h1-11,13H,12H2,(H,23,25,29). The predicted molar refractivity (Wildman–Crippen MR) is 111 cm³/mol. The Balaban J connectivity index is 1.49. The van der Waals surface area contributed by atoms with E-state index in [1.54, 1.807) is 28.9 Å². The summed E-state index contributed by atoms with van der Waals surface area (Å²) in [5.41, 5.74) is 1.37. The van der Waals surface area contributed by atoms with Crippen LogP contribution in [-0.4, -0.2) is 30.5 Å². The van der Waals surface area contributed by atoms with Crippen molar-refractivity contribution >= 4 is 27.8 Å². The summed E-state index contributed by atoms with van der Waals surface area (Å²) in [6, 6.07) is 19.4. The number of nitrogens with one attached hydrogen (secondary N) is 1. The average molecular weight is 451 g/mol. The Labute approximate surface area is 174 Å². The van der Waals surface area contributed by atoms with E-state index < -0.39 is 5.91 Å². The zero-order chi connectivity index (χ0) is 20.2. The van der Waals surface area contributed by atoms with Crippen molar-refractivity contribution in [1.29, 1.82) is 0 Å². The van der Waals surface area contributed by atoms with E-state index in [2.05, 4.69) is 36.4 Å². The summed E-state index contributed by atoms with van der Waals surface area (Å²) in [7, 11) is 0. The van der Waals surface area contributed by atoms with Crippen LogP contribution in [0.25, 0.3) is 5.69 Å². The molecule has 0 bridgehead atoms. The molecule has 0 spiro atoms. The predicted octanol–water partition coefficient (Wildman–Crippen LogP) is 2.89. The molecule has 144 valence electrons. The van der Waals surface area contributed by atoms with Crippen LogP contribution >= 0.6 is 15.9 Å². The monoisotopic (exact) mass is 450 g/mol. The first-order chi connectivity index (χ1) is 14.1. The van der Waals surface area contributed by atoms with E-state index in [0.29, 0.717) is 12.2 Å². The average Bonchev–Trinajstić information content (AvgIpc) is 3.17. The van der Waals surface area contributed by atoms with Crippen LogP contribution in [0.2, 0.25) is 0 Å². The smallest absolute Gasteiger partial charge is 0.278 e. The fourth-order valence-corrected chi connectivity index (χ4v) is 2.92. The second-order valence-electron chi connectivity index (χ2n) is 6.15. The van der Waals surface area contributed by atoms with Gasteiger partial charge in [-0.15, -0.1) is 5.10 Å². The van der Waals surface area contributed by atoms with E-state index in [0.717, 1.165) is 10.0 Å². The molecule has 2 aromatic carbocycles. The Morgan fingerprint density at radius 2 is 1.72 bits per heavy atom. The molecule has 0 aliphatic heterocycles. The highest BCUT2D eigenvalue weighted by atomic mass is 79.9. The lowest BCUT2D eigenvalue weighted by molar-refractivity contribution is 0.101. The number of nitrogens with zero attached hydrogens (tertiary/aromatic N) is 5. The second kappa shape index (κ2) is 8.19. The molecule has 4 rings (SSSR count). The van der Waals surface area contributed by atoms with Crippen LogP contribution in [0.5, 0.6) is 0 Å². The number of rotatable bonds is 5. The fraction of sp³-hybridized carbons (Fsp3) is 0.0500. The Morgan fingerprint density at radius 3 is 2.48 bits per heavy atom. The number of amides is 1. The number of hydrogen-bond acceptors (Lipinski definition) is 5. The van der Waals surface area contributed by atoms with Crippen LogP contribution in [-0.2, 0) is 6.54 Å². The van der Waals surface area contributed by atoms with Gasteiger partial charge in [0.05, 0.1) is 12.2 Å². The van der Waals surface area contributed by atoms with E-state index in [1.807, 2.05) is 30.3 Å². The Kier molecular flexibility index (Phi) is 5.30. The van der Waals surface area contributed by atoms with Gasteiger partial charge in [0.15, 0.2) is 0 Å². The molecule has 1 amide bonds. The molecule has 0 aliphatic carbocycles. The summed E-state index contributed by atoms with van der Waals surface area (Å²) in [5, 5.41) is 11.0. The van der Waals surface area contributed by atoms with Crippen LogP contribution in [0.3, 0.4) is 0 Å². The van der Waals surface area contributed by atoms with Gasteiger partial charge in [0.2, 0.25) is 5.95 Å². The molecular weight excluding hydrogens is 436 g/mol. The third kappa shape index (κ3) is 4.46. The van der Waals surface area contributed by atoms with Crippen LogP contribution < -0.4 is 10.9 Å². The first-order valence-electron chi connectivity index (χ1n) is 8.69. The second-order valence-corrected chi connectivity index (χ2v) is 7.07. The topological polar surface area (TPSA) is 94.7 Å². The summed E-state index contributed by atoms with van der Waals surface area (Å²) < 4.78 is 3.79. The lowest BCUT2D eigenvalue weighted by atomic mass is 10.2. The quantitative estimate of drug-likeness (QED) is 0.504. The normalized spacial score (nSPS) is 10.7. The van der Waals surface area contributed by atoms with Crippen molar-refractivity contribution in [2.24, 2.45) is 0 Å². The summed E-state index contributed by atoms with van der Waals surface area (Å²) in [6.07, 6.45) is 1.54. The van der Waals surface area contributed by atoms with E-state index >= 15 is 0 Å². The number of halogens is 1. The van der Waals surface area contributed by atoms with Crippen LogP contribution in [0.1, 0.15) is 16.1 Å². The number of anilines is 1. The maximum absolute atomic E-state index is 12.5. The van der Waals surface area contributed by atoms with E-state index in [-0.39, 0.29) is 17.2 Å². The summed E-state index contributed by atoms with van der Waals surface area (Å²) in [4.78, 5) is 28.7. The molecule has 0 atom stereocenters. The third-order valence-electron chi connectivity index (χ3n) is 4.05. The van der Waals surface area contributed by atoms with E-state index in [4.69, 9.17) is 0 Å². The van der Waals surface area contributed by atoms with Gasteiger partial charge >= 0.3 is 0 Å². The van der Waals surface area contributed by atoms with Gasteiger partial charge in [0.25, 0.3) is 11.5 Å². The van der Waals surface area contributed by atoms with Gasteiger partial charge in [-0.1, -0.05) is 46.3 Å². The number of carbonyl (C=O) groups excluding carboxylic acids is 1. The Bertz CT molecular complexity index is 1200. The minimum atomic E-state index is -0.504. The highest BCUT2D eigenvalue weighted by Crippen LogP contribution is 2.12. The number of aromatic nitrogens is 5. The summed E-state index contributed by atoms with van der Waals surface area (Å²) >= 11 is 3.40. The lowest BCUT2D eigenvalue weighted by Gasteiger charge is -2.06. The zero-order valence-electron chi connectivity index (χ0n) is 15.1. The van der Waals surface area contributed by atoms with Crippen LogP contribution in [0.15, 0.2) is 82.3 Å². The molecule has 0 fully saturated rings. The largest absolute Gasteiger partial charge is 0.288 e. The van der Waals surface area contributed by atoms with E-state index in [9.17, 15) is 9.59 Å². The highest BCUT2D eigenvalue weighted by molar-refractivity contribution is 9.10. The Morgan fingerprint density at radius 1 is 0.966 bits per heavy atom. The summed E-state index contributed by atoms with van der Waals surface area (Å²) in [6.45, 7) is 0.521. The zero-order valence-corrected chi connectivity index (χ0v) is 16.7. The van der Waals surface area contributed by atoms with Crippen LogP contribution in [0, 0.1) is 0 Å². The van der Waals surface area contributed by atoms with Crippen molar-refractivity contribution in [1.82, 2.24) is 24.5 Å². The third-order valence-corrected chi connectivity index (χ3v) is 4.58. The molecule has 0 unspecified atom stereocenters. The van der Waals surface area contributed by atoms with Crippen molar-refractivity contribution in [3.63, 3.8) is 0 Å². The van der Waals surface area contributed by atoms with Gasteiger partial charge in [-0.05, 0) is 35.9 Å². The minimum Gasteiger partial charge on any atom is -0.288 e. The molecule has 0 radical (unpaired) electrons. The molecule has 2 aromatic heterocycles. The van der Waals surface area contributed by atoms with Crippen molar-refractivity contribution in [2.75, 3.05) is 5.32 Å². The molecule has 0 saturated heterocycles. The van der Waals surface area contributed by atoms with Gasteiger partial charge in [-0.25, -0.2) is 9.67 Å². The Hall–Kier alpha value is -3.59.